The van der Waals surface area contributed by atoms with Gasteiger partial charge in [0, 0.05) is 40.8 Å². The summed E-state index contributed by atoms with van der Waals surface area (Å²) in [6.07, 6.45) is 1.94. The number of hydrogen-bond acceptors (Lipinski definition) is 4. The average molecular weight is 316 g/mol. The third-order valence-electron chi connectivity index (χ3n) is 4.29. The van der Waals surface area contributed by atoms with Gasteiger partial charge in [-0.15, -0.1) is 0 Å². The van der Waals surface area contributed by atoms with Gasteiger partial charge in [0.25, 0.3) is 0 Å². The van der Waals surface area contributed by atoms with Crippen molar-refractivity contribution in [2.75, 3.05) is 32.5 Å². The largest absolute Gasteiger partial charge is 0.368 e. The normalized spacial score (nSPS) is 11.6. The van der Waals surface area contributed by atoms with E-state index in [2.05, 4.69) is 65.7 Å². The van der Waals surface area contributed by atoms with Crippen molar-refractivity contribution in [1.82, 2.24) is 14.9 Å². The molecule has 1 N–H and O–H groups in total. The van der Waals surface area contributed by atoms with Crippen molar-refractivity contribution >= 4 is 38.4 Å². The predicted molar refractivity (Wildman–Crippen MR) is 102 cm³/mol. The van der Waals surface area contributed by atoms with Crippen LogP contribution in [-0.4, -0.2) is 42.1 Å². The van der Waals surface area contributed by atoms with Gasteiger partial charge in [-0.25, -0.2) is 4.98 Å². The van der Waals surface area contributed by atoms with Crippen LogP contribution in [0.25, 0.3) is 32.6 Å². The second kappa shape index (κ2) is 6.06. The summed E-state index contributed by atoms with van der Waals surface area (Å²) in [4.78, 5) is 11.8. The lowest BCUT2D eigenvalue weighted by molar-refractivity contribution is 0.425. The molecule has 4 nitrogen and oxygen atoms in total. The zero-order valence-electron chi connectivity index (χ0n) is 14.0. The molecule has 0 spiro atoms. The molecule has 120 valence electrons. The molecule has 4 heteroatoms. The zero-order chi connectivity index (χ0) is 16.5. The number of hydrogen-bond donors (Lipinski definition) is 1. The van der Waals surface area contributed by atoms with Crippen LogP contribution in [0.15, 0.2) is 54.7 Å². The first kappa shape index (κ1) is 14.8. The van der Waals surface area contributed by atoms with Crippen LogP contribution >= 0.6 is 0 Å². The number of nitrogens with zero attached hydrogens (tertiary/aromatic N) is 3. The number of fused-ring (bicyclic) bond motifs is 5. The quantitative estimate of drug-likeness (QED) is 0.580. The maximum absolute atomic E-state index is 4.94. The molecule has 0 saturated heterocycles. The first-order valence-electron chi connectivity index (χ1n) is 8.19. The summed E-state index contributed by atoms with van der Waals surface area (Å²) in [5.41, 5.74) is 1.92. The summed E-state index contributed by atoms with van der Waals surface area (Å²) >= 11 is 0. The van der Waals surface area contributed by atoms with Gasteiger partial charge >= 0.3 is 0 Å². The number of anilines is 1. The molecule has 2 aromatic heterocycles. The van der Waals surface area contributed by atoms with Gasteiger partial charge in [-0.1, -0.05) is 48.5 Å². The zero-order valence-corrected chi connectivity index (χ0v) is 14.0. The number of aromatic nitrogens is 2. The van der Waals surface area contributed by atoms with Crippen LogP contribution < -0.4 is 5.32 Å². The van der Waals surface area contributed by atoms with E-state index in [1.165, 1.54) is 0 Å². The Morgan fingerprint density at radius 3 is 2.38 bits per heavy atom. The standard InChI is InChI=1S/C20H20N4/c1-24(2)12-11-21-20-17-10-6-5-9-16(17)18-19(23-20)15-8-4-3-7-14(15)13-22-18/h3-10,13H,11-12H2,1-2H3,(H,21,23). The summed E-state index contributed by atoms with van der Waals surface area (Å²) in [7, 11) is 4.15. The summed E-state index contributed by atoms with van der Waals surface area (Å²) in [5, 5.41) is 8.01. The van der Waals surface area contributed by atoms with Crippen LogP contribution in [0, 0.1) is 0 Å². The Morgan fingerprint density at radius 2 is 1.58 bits per heavy atom. The first-order valence-corrected chi connectivity index (χ1v) is 8.19. The van der Waals surface area contributed by atoms with Crippen molar-refractivity contribution in [2.45, 2.75) is 0 Å². The van der Waals surface area contributed by atoms with Gasteiger partial charge in [-0.2, -0.15) is 0 Å². The van der Waals surface area contributed by atoms with Crippen LogP contribution in [-0.2, 0) is 0 Å². The molecule has 0 aliphatic carbocycles. The minimum Gasteiger partial charge on any atom is -0.368 e. The van der Waals surface area contributed by atoms with Crippen molar-refractivity contribution in [3.63, 3.8) is 0 Å². The molecule has 0 unspecified atom stereocenters. The molecule has 4 rings (SSSR count). The van der Waals surface area contributed by atoms with Crippen molar-refractivity contribution in [2.24, 2.45) is 0 Å². The monoisotopic (exact) mass is 316 g/mol. The van der Waals surface area contributed by atoms with Crippen LogP contribution in [0.2, 0.25) is 0 Å². The fourth-order valence-corrected chi connectivity index (χ4v) is 3.06. The lowest BCUT2D eigenvalue weighted by Gasteiger charge is -2.14. The molecule has 0 aliphatic rings. The topological polar surface area (TPSA) is 41.0 Å². The highest BCUT2D eigenvalue weighted by Gasteiger charge is 2.11. The van der Waals surface area contributed by atoms with Gasteiger partial charge in [-0.3, -0.25) is 4.98 Å². The predicted octanol–water partition coefficient (Wildman–Crippen LogP) is 3.91. The van der Waals surface area contributed by atoms with Crippen LogP contribution in [0.3, 0.4) is 0 Å². The van der Waals surface area contributed by atoms with Gasteiger partial charge in [0.1, 0.15) is 5.82 Å². The van der Waals surface area contributed by atoms with E-state index in [1.54, 1.807) is 0 Å². The van der Waals surface area contributed by atoms with E-state index in [0.29, 0.717) is 0 Å². The number of pyridine rings is 2. The van der Waals surface area contributed by atoms with Gasteiger partial charge in [0.15, 0.2) is 0 Å². The lowest BCUT2D eigenvalue weighted by atomic mass is 10.1. The van der Waals surface area contributed by atoms with E-state index in [9.17, 15) is 0 Å². The summed E-state index contributed by atoms with van der Waals surface area (Å²) in [5.74, 6) is 0.929. The van der Waals surface area contributed by atoms with Crippen molar-refractivity contribution < 1.29 is 0 Å². The number of benzene rings is 2. The highest BCUT2D eigenvalue weighted by molar-refractivity contribution is 6.15. The lowest BCUT2D eigenvalue weighted by Crippen LogP contribution is -2.21. The molecular weight excluding hydrogens is 296 g/mol. The Hall–Kier alpha value is -2.72. The second-order valence-corrected chi connectivity index (χ2v) is 6.28. The van der Waals surface area contributed by atoms with Gasteiger partial charge in [0.05, 0.1) is 11.0 Å². The number of likely N-dealkylation sites (N-methyl/N-ethyl adjacent to an activating group) is 1. The number of nitrogens with one attached hydrogen (secondary N) is 1. The second-order valence-electron chi connectivity index (χ2n) is 6.28. The molecule has 0 radical (unpaired) electrons. The first-order chi connectivity index (χ1) is 11.7. The van der Waals surface area contributed by atoms with Gasteiger partial charge < -0.3 is 10.2 Å². The van der Waals surface area contributed by atoms with Crippen LogP contribution in [0.5, 0.6) is 0 Å². The van der Waals surface area contributed by atoms with Gasteiger partial charge in [0.2, 0.25) is 0 Å². The molecule has 0 saturated carbocycles. The fourth-order valence-electron chi connectivity index (χ4n) is 3.06. The number of rotatable bonds is 4. The summed E-state index contributed by atoms with van der Waals surface area (Å²) < 4.78 is 0. The maximum atomic E-state index is 4.94. The molecule has 0 aliphatic heterocycles. The van der Waals surface area contributed by atoms with E-state index >= 15 is 0 Å². The molecule has 0 amide bonds. The Bertz CT molecular complexity index is 1020. The van der Waals surface area contributed by atoms with Crippen LogP contribution in [0.1, 0.15) is 0 Å². The maximum Gasteiger partial charge on any atom is 0.134 e. The van der Waals surface area contributed by atoms with E-state index in [0.717, 1.165) is 51.5 Å². The SMILES string of the molecule is CN(C)CCNc1nc2c3ccccc3cnc2c2ccccc12. The molecule has 0 fully saturated rings. The molecule has 0 bridgehead atoms. The molecule has 4 aromatic rings. The van der Waals surface area contributed by atoms with Crippen molar-refractivity contribution in [3.8, 4) is 0 Å². The molecule has 2 heterocycles. The smallest absolute Gasteiger partial charge is 0.134 e. The Labute approximate surface area is 141 Å². The Balaban J connectivity index is 1.97. The molecule has 0 atom stereocenters. The Kier molecular flexibility index (Phi) is 3.75. The van der Waals surface area contributed by atoms with Crippen molar-refractivity contribution in [1.29, 1.82) is 0 Å². The molecule has 24 heavy (non-hydrogen) atoms. The minimum absolute atomic E-state index is 0.855. The molecular formula is C20H20N4. The Morgan fingerprint density at radius 1 is 0.875 bits per heavy atom. The third-order valence-corrected chi connectivity index (χ3v) is 4.29. The van der Waals surface area contributed by atoms with E-state index in [4.69, 9.17) is 4.98 Å². The average Bonchev–Trinajstić information content (AvgIpc) is 2.61. The summed E-state index contributed by atoms with van der Waals surface area (Å²) in [6, 6.07) is 16.6. The van der Waals surface area contributed by atoms with Crippen molar-refractivity contribution in [3.05, 3.63) is 54.7 Å². The molecule has 2 aromatic carbocycles. The van der Waals surface area contributed by atoms with Gasteiger partial charge in [-0.05, 0) is 14.1 Å². The third kappa shape index (κ3) is 2.55. The highest BCUT2D eigenvalue weighted by Crippen LogP contribution is 2.31. The van der Waals surface area contributed by atoms with E-state index in [1.807, 2.05) is 18.3 Å². The summed E-state index contributed by atoms with van der Waals surface area (Å²) in [6.45, 7) is 1.82. The highest BCUT2D eigenvalue weighted by atomic mass is 15.1. The van der Waals surface area contributed by atoms with Crippen LogP contribution in [0.4, 0.5) is 5.82 Å². The fraction of sp³-hybridized carbons (Fsp3) is 0.200. The van der Waals surface area contributed by atoms with E-state index in [-0.39, 0.29) is 0 Å². The minimum atomic E-state index is 0.855. The van der Waals surface area contributed by atoms with E-state index < -0.39 is 0 Å².